The van der Waals surface area contributed by atoms with E-state index in [4.69, 9.17) is 9.84 Å². The first-order valence-corrected chi connectivity index (χ1v) is 8.91. The lowest BCUT2D eigenvalue weighted by molar-refractivity contribution is -0.142. The van der Waals surface area contributed by atoms with Crippen LogP contribution in [0.4, 0.5) is 0 Å². The molecule has 144 valence electrons. The van der Waals surface area contributed by atoms with Crippen molar-refractivity contribution < 1.29 is 19.4 Å². The predicted molar refractivity (Wildman–Crippen MR) is 103 cm³/mol. The van der Waals surface area contributed by atoms with Gasteiger partial charge in [-0.05, 0) is 18.6 Å². The molecule has 0 saturated carbocycles. The van der Waals surface area contributed by atoms with Gasteiger partial charge in [0.05, 0.1) is 30.5 Å². The van der Waals surface area contributed by atoms with Crippen LogP contribution in [0.15, 0.2) is 42.1 Å². The van der Waals surface area contributed by atoms with Crippen molar-refractivity contribution in [2.75, 3.05) is 6.61 Å². The Kier molecular flexibility index (Phi) is 6.55. The minimum Gasteiger partial charge on any atom is -0.481 e. The molecule has 0 aliphatic heterocycles. The summed E-state index contributed by atoms with van der Waals surface area (Å²) in [6.45, 7) is 8.64. The number of nitrogens with zero attached hydrogens (tertiary/aromatic N) is 2. The topological polar surface area (TPSA) is 81.4 Å². The zero-order valence-corrected chi connectivity index (χ0v) is 16.2. The van der Waals surface area contributed by atoms with Gasteiger partial charge in [0.25, 0.3) is 0 Å². The molecule has 0 radical (unpaired) electrons. The third-order valence-electron chi connectivity index (χ3n) is 3.94. The molecule has 2 rings (SSSR count). The molecule has 1 aromatic carbocycles. The Morgan fingerprint density at radius 1 is 1.22 bits per heavy atom. The molecule has 0 fully saturated rings. The van der Waals surface area contributed by atoms with E-state index in [1.165, 1.54) is 0 Å². The Balaban J connectivity index is 2.52. The van der Waals surface area contributed by atoms with E-state index in [0.717, 1.165) is 11.4 Å². The third kappa shape index (κ3) is 5.54. The van der Waals surface area contributed by atoms with Gasteiger partial charge >= 0.3 is 11.9 Å². The number of esters is 1. The van der Waals surface area contributed by atoms with E-state index in [0.29, 0.717) is 12.2 Å². The highest BCUT2D eigenvalue weighted by Crippen LogP contribution is 2.25. The van der Waals surface area contributed by atoms with E-state index in [2.05, 4.69) is 25.8 Å². The van der Waals surface area contributed by atoms with Gasteiger partial charge in [-0.25, -0.2) is 9.78 Å². The summed E-state index contributed by atoms with van der Waals surface area (Å²) in [5.41, 5.74) is 1.65. The van der Waals surface area contributed by atoms with Crippen molar-refractivity contribution in [1.29, 1.82) is 0 Å². The predicted octanol–water partition coefficient (Wildman–Crippen LogP) is 3.65. The van der Waals surface area contributed by atoms with Crippen LogP contribution in [0, 0.1) is 0 Å². The fourth-order valence-electron chi connectivity index (χ4n) is 2.78. The molecule has 0 saturated heterocycles. The van der Waals surface area contributed by atoms with Gasteiger partial charge in [0.2, 0.25) is 0 Å². The third-order valence-corrected chi connectivity index (χ3v) is 3.94. The molecular weight excluding hydrogens is 344 g/mol. The van der Waals surface area contributed by atoms with E-state index in [1.807, 2.05) is 34.9 Å². The number of benzene rings is 1. The molecule has 27 heavy (non-hydrogen) atoms. The summed E-state index contributed by atoms with van der Waals surface area (Å²) >= 11 is 0. The van der Waals surface area contributed by atoms with Crippen molar-refractivity contribution in [3.63, 3.8) is 0 Å². The molecule has 1 N–H and O–H groups in total. The van der Waals surface area contributed by atoms with Crippen molar-refractivity contribution in [2.45, 2.75) is 46.1 Å². The van der Waals surface area contributed by atoms with E-state index in [9.17, 15) is 9.59 Å². The Bertz CT molecular complexity index is 830. The molecule has 0 unspecified atom stereocenters. The monoisotopic (exact) mass is 370 g/mol. The number of rotatable bonds is 7. The van der Waals surface area contributed by atoms with Gasteiger partial charge in [-0.15, -0.1) is 0 Å². The number of hydrogen-bond donors (Lipinski definition) is 1. The smallest absolute Gasteiger partial charge is 0.334 e. The van der Waals surface area contributed by atoms with Gasteiger partial charge in [-0.1, -0.05) is 51.1 Å². The number of imidazole rings is 1. The molecular formula is C21H26N2O4. The maximum absolute atomic E-state index is 12.2. The Hall–Kier alpha value is -2.89. The Labute approximate surface area is 159 Å². The van der Waals surface area contributed by atoms with Crippen LogP contribution in [0.5, 0.6) is 0 Å². The molecule has 1 aromatic heterocycles. The molecule has 0 aliphatic rings. The summed E-state index contributed by atoms with van der Waals surface area (Å²) in [5.74, 6) is -0.847. The van der Waals surface area contributed by atoms with Gasteiger partial charge in [0.1, 0.15) is 5.82 Å². The first kappa shape index (κ1) is 20.4. The second-order valence-electron chi connectivity index (χ2n) is 7.29. The first-order chi connectivity index (χ1) is 12.7. The second kappa shape index (κ2) is 8.66. The number of hydrogen-bond acceptors (Lipinski definition) is 4. The number of aliphatic carboxylic acids is 1. The van der Waals surface area contributed by atoms with Gasteiger partial charge in [0.15, 0.2) is 0 Å². The van der Waals surface area contributed by atoms with Crippen LogP contribution >= 0.6 is 0 Å². The summed E-state index contributed by atoms with van der Waals surface area (Å²) < 4.78 is 7.02. The van der Waals surface area contributed by atoms with Crippen LogP contribution in [0.1, 0.15) is 51.2 Å². The molecule has 0 amide bonds. The van der Waals surface area contributed by atoms with E-state index >= 15 is 0 Å². The number of ether oxygens (including phenoxy) is 1. The Morgan fingerprint density at radius 3 is 2.44 bits per heavy atom. The zero-order chi connectivity index (χ0) is 20.0. The quantitative estimate of drug-likeness (QED) is 0.594. The maximum atomic E-state index is 12.2. The van der Waals surface area contributed by atoms with E-state index in [-0.39, 0.29) is 17.6 Å². The van der Waals surface area contributed by atoms with Crippen LogP contribution in [0.3, 0.4) is 0 Å². The largest absolute Gasteiger partial charge is 0.481 e. The van der Waals surface area contributed by atoms with Gasteiger partial charge in [0, 0.05) is 12.0 Å². The summed E-state index contributed by atoms with van der Waals surface area (Å²) in [6.07, 6.45) is 2.84. The van der Waals surface area contributed by atoms with Gasteiger partial charge in [-0.2, -0.15) is 0 Å². The molecule has 2 aromatic rings. The molecule has 0 atom stereocenters. The van der Waals surface area contributed by atoms with Crippen LogP contribution in [0.25, 0.3) is 6.08 Å². The highest BCUT2D eigenvalue weighted by atomic mass is 16.5. The number of aromatic nitrogens is 2. The van der Waals surface area contributed by atoms with Crippen molar-refractivity contribution in [3.05, 3.63) is 59.2 Å². The average molecular weight is 370 g/mol. The van der Waals surface area contributed by atoms with Crippen molar-refractivity contribution in [3.8, 4) is 0 Å². The fourth-order valence-corrected chi connectivity index (χ4v) is 2.78. The van der Waals surface area contributed by atoms with Crippen LogP contribution in [0.2, 0.25) is 0 Å². The fraction of sp³-hybridized carbons (Fsp3) is 0.381. The number of carbonyl (C=O) groups is 2. The molecule has 0 bridgehead atoms. The van der Waals surface area contributed by atoms with Crippen LogP contribution in [-0.2, 0) is 26.3 Å². The number of carboxylic acids is 1. The van der Waals surface area contributed by atoms with Crippen LogP contribution < -0.4 is 0 Å². The minimum atomic E-state index is -1.08. The lowest BCUT2D eigenvalue weighted by Gasteiger charge is -2.21. The summed E-state index contributed by atoms with van der Waals surface area (Å²) in [6, 6.07) is 9.92. The lowest BCUT2D eigenvalue weighted by atomic mass is 9.95. The summed E-state index contributed by atoms with van der Waals surface area (Å²) in [4.78, 5) is 27.9. The molecule has 6 nitrogen and oxygen atoms in total. The summed E-state index contributed by atoms with van der Waals surface area (Å²) in [7, 11) is 0. The number of carboxylic acid groups (broad SMARTS) is 1. The standard InChI is InChI=1S/C21H26N2O4/c1-5-27-19(26)16(12-18(24)25)11-17-13-22-20(21(2,3)4)23(17)14-15-9-7-6-8-10-15/h6-11,13H,5,12,14H2,1-4H3,(H,24,25)/b16-11-. The van der Waals surface area contributed by atoms with E-state index < -0.39 is 18.4 Å². The minimum absolute atomic E-state index is 0.0963. The Morgan fingerprint density at radius 2 is 1.89 bits per heavy atom. The van der Waals surface area contributed by atoms with Crippen molar-refractivity contribution >= 4 is 18.0 Å². The summed E-state index contributed by atoms with van der Waals surface area (Å²) in [5, 5.41) is 9.15. The molecule has 0 spiro atoms. The highest BCUT2D eigenvalue weighted by Gasteiger charge is 2.23. The molecule has 6 heteroatoms. The molecule has 1 heterocycles. The maximum Gasteiger partial charge on any atom is 0.334 e. The van der Waals surface area contributed by atoms with Crippen molar-refractivity contribution in [1.82, 2.24) is 9.55 Å². The van der Waals surface area contributed by atoms with E-state index in [1.54, 1.807) is 19.2 Å². The van der Waals surface area contributed by atoms with Gasteiger partial charge < -0.3 is 14.4 Å². The van der Waals surface area contributed by atoms with Crippen molar-refractivity contribution in [2.24, 2.45) is 0 Å². The second-order valence-corrected chi connectivity index (χ2v) is 7.29. The van der Waals surface area contributed by atoms with Gasteiger partial charge in [-0.3, -0.25) is 4.79 Å². The highest BCUT2D eigenvalue weighted by molar-refractivity contribution is 5.97. The molecule has 0 aliphatic carbocycles. The normalized spacial score (nSPS) is 12.1. The number of carbonyl (C=O) groups excluding carboxylic acids is 1. The SMILES string of the molecule is CCOC(=O)/C(=C\c1cnc(C(C)(C)C)n1Cc1ccccc1)CC(=O)O. The first-order valence-electron chi connectivity index (χ1n) is 8.91. The average Bonchev–Trinajstić information content (AvgIpc) is 2.98. The van der Waals surface area contributed by atoms with Crippen LogP contribution in [-0.4, -0.2) is 33.2 Å². The lowest BCUT2D eigenvalue weighted by Crippen LogP contribution is -2.20. The zero-order valence-electron chi connectivity index (χ0n) is 16.2.